The molecule has 0 saturated heterocycles. The fraction of sp³-hybridized carbons (Fsp3) is 0.148. The number of halogens is 1. The number of methoxy groups -OCH3 is 1. The van der Waals surface area contributed by atoms with Crippen LogP contribution in [0.15, 0.2) is 79.4 Å². The van der Waals surface area contributed by atoms with E-state index in [4.69, 9.17) is 22.1 Å². The molecule has 4 aromatic rings. The molecule has 0 amide bonds. The molecule has 6 nitrogen and oxygen atoms in total. The van der Waals surface area contributed by atoms with Gasteiger partial charge in [-0.25, -0.2) is 9.97 Å². The van der Waals surface area contributed by atoms with E-state index < -0.39 is 0 Å². The van der Waals surface area contributed by atoms with Gasteiger partial charge in [0.25, 0.3) is 0 Å². The van der Waals surface area contributed by atoms with Crippen molar-refractivity contribution in [1.29, 1.82) is 0 Å². The van der Waals surface area contributed by atoms with Gasteiger partial charge in [0.2, 0.25) is 0 Å². The lowest BCUT2D eigenvalue weighted by Crippen LogP contribution is -2.06. The van der Waals surface area contributed by atoms with E-state index in [1.165, 1.54) is 0 Å². The molecular formula is C27H26ClN5O. The van der Waals surface area contributed by atoms with Crippen LogP contribution in [0.5, 0.6) is 5.75 Å². The zero-order valence-electron chi connectivity index (χ0n) is 19.3. The first kappa shape index (κ1) is 23.3. The van der Waals surface area contributed by atoms with Crippen molar-refractivity contribution in [3.63, 3.8) is 0 Å². The molecule has 3 N–H and O–H groups in total. The normalized spacial score (nSPS) is 11.5. The van der Waals surface area contributed by atoms with E-state index >= 15 is 0 Å². The van der Waals surface area contributed by atoms with Crippen LogP contribution in [0.4, 0.5) is 5.82 Å². The maximum absolute atomic E-state index is 6.71. The summed E-state index contributed by atoms with van der Waals surface area (Å²) in [4.78, 5) is 16.7. The zero-order chi connectivity index (χ0) is 24.1. The number of benzene rings is 2. The Morgan fingerprint density at radius 1 is 0.971 bits per heavy atom. The third-order valence-corrected chi connectivity index (χ3v) is 6.07. The summed E-state index contributed by atoms with van der Waals surface area (Å²) in [6, 6.07) is 17.6. The standard InChI is InChI=1S/C27H26ClN5O/c1-17(21-14-22(28)18(2)25(26(21)34-3)20-10-7-11-30-16-20)27-32-13-12-31-24(29)15-23(33-27)19-8-5-4-6-9-19/h4-17H,1-3H3,(H2,29,31)(H,32,33). The van der Waals surface area contributed by atoms with Crippen LogP contribution < -0.4 is 10.5 Å². The monoisotopic (exact) mass is 471 g/mol. The van der Waals surface area contributed by atoms with Crippen molar-refractivity contribution in [2.75, 3.05) is 12.8 Å². The summed E-state index contributed by atoms with van der Waals surface area (Å²) in [5, 5.41) is 0.645. The molecule has 0 radical (unpaired) electrons. The van der Waals surface area contributed by atoms with Crippen LogP contribution in [-0.2, 0) is 0 Å². The van der Waals surface area contributed by atoms with E-state index in [2.05, 4.69) is 26.9 Å². The number of H-pyrrole nitrogens is 1. The highest BCUT2D eigenvalue weighted by Gasteiger charge is 2.23. The molecule has 7 heteroatoms. The third-order valence-electron chi connectivity index (χ3n) is 5.68. The molecule has 4 rings (SSSR count). The van der Waals surface area contributed by atoms with Crippen molar-refractivity contribution in [3.05, 3.63) is 101 Å². The number of hydrogen-bond donors (Lipinski definition) is 2. The van der Waals surface area contributed by atoms with E-state index in [9.17, 15) is 0 Å². The second kappa shape index (κ2) is 10.4. The van der Waals surface area contributed by atoms with E-state index in [1.54, 1.807) is 31.8 Å². The summed E-state index contributed by atoms with van der Waals surface area (Å²) >= 11 is 6.71. The highest BCUT2D eigenvalue weighted by atomic mass is 35.5. The number of nitrogen functional groups attached to an aromatic ring is 1. The van der Waals surface area contributed by atoms with Gasteiger partial charge in [-0.3, -0.25) is 4.98 Å². The molecule has 0 fully saturated rings. The maximum atomic E-state index is 6.71. The van der Waals surface area contributed by atoms with Gasteiger partial charge in [0.1, 0.15) is 17.4 Å². The molecule has 2 heterocycles. The van der Waals surface area contributed by atoms with Gasteiger partial charge in [-0.15, -0.1) is 0 Å². The SMILES string of the molecule is COc1c(C(C)c2nccnc(N)cc(-c3ccccc3)[nH]2)cc(Cl)c(C)c1-c1cccnc1. The second-order valence-electron chi connectivity index (χ2n) is 7.86. The highest BCUT2D eigenvalue weighted by Crippen LogP contribution is 2.43. The number of rotatable bonds is 5. The molecule has 2 aromatic carbocycles. The number of nitrogens with zero attached hydrogens (tertiary/aromatic N) is 3. The number of nitrogens with two attached hydrogens (primary N) is 1. The lowest BCUT2D eigenvalue weighted by Gasteiger charge is -2.21. The van der Waals surface area contributed by atoms with Gasteiger partial charge in [-0.05, 0) is 30.2 Å². The summed E-state index contributed by atoms with van der Waals surface area (Å²) in [5.41, 5.74) is 11.5. The molecule has 34 heavy (non-hydrogen) atoms. The van der Waals surface area contributed by atoms with Gasteiger partial charge >= 0.3 is 0 Å². The molecule has 2 aromatic heterocycles. The summed E-state index contributed by atoms with van der Waals surface area (Å²) in [7, 11) is 1.67. The number of nitrogens with one attached hydrogen (secondary N) is 1. The lowest BCUT2D eigenvalue weighted by molar-refractivity contribution is 0.409. The smallest absolute Gasteiger partial charge is 0.131 e. The summed E-state index contributed by atoms with van der Waals surface area (Å²) in [6.45, 7) is 4.04. The lowest BCUT2D eigenvalue weighted by atomic mass is 9.91. The predicted molar refractivity (Wildman–Crippen MR) is 137 cm³/mol. The van der Waals surface area contributed by atoms with Crippen LogP contribution >= 0.6 is 11.6 Å². The minimum atomic E-state index is -0.195. The van der Waals surface area contributed by atoms with Gasteiger partial charge in [0.15, 0.2) is 0 Å². The molecule has 1 unspecified atom stereocenters. The first-order valence-electron chi connectivity index (χ1n) is 10.9. The largest absolute Gasteiger partial charge is 0.496 e. The van der Waals surface area contributed by atoms with Crippen LogP contribution in [0.1, 0.15) is 29.8 Å². The van der Waals surface area contributed by atoms with E-state index in [-0.39, 0.29) is 5.92 Å². The average Bonchev–Trinajstić information content (AvgIpc) is 2.96. The van der Waals surface area contributed by atoms with Gasteiger partial charge in [-0.2, -0.15) is 0 Å². The maximum Gasteiger partial charge on any atom is 0.131 e. The number of aromatic amines is 1. The molecule has 0 saturated carbocycles. The van der Waals surface area contributed by atoms with Crippen LogP contribution in [-0.4, -0.2) is 27.0 Å². The number of hydrogen-bond acceptors (Lipinski definition) is 5. The Morgan fingerprint density at radius 2 is 1.71 bits per heavy atom. The van der Waals surface area contributed by atoms with Crippen molar-refractivity contribution in [2.45, 2.75) is 19.8 Å². The first-order chi connectivity index (χ1) is 16.5. The molecule has 0 aliphatic rings. The molecular weight excluding hydrogens is 446 g/mol. The second-order valence-corrected chi connectivity index (χ2v) is 8.27. The minimum Gasteiger partial charge on any atom is -0.496 e. The first-order valence-corrected chi connectivity index (χ1v) is 11.2. The van der Waals surface area contributed by atoms with Crippen molar-refractivity contribution in [1.82, 2.24) is 19.9 Å². The van der Waals surface area contributed by atoms with Crippen LogP contribution in [0.3, 0.4) is 0 Å². The topological polar surface area (TPSA) is 89.7 Å². The molecule has 0 aliphatic heterocycles. The summed E-state index contributed by atoms with van der Waals surface area (Å²) in [5.74, 6) is 1.62. The van der Waals surface area contributed by atoms with Gasteiger partial charge in [0.05, 0.1) is 12.8 Å². The predicted octanol–water partition coefficient (Wildman–Crippen LogP) is 6.36. The van der Waals surface area contributed by atoms with Crippen LogP contribution in [0.25, 0.3) is 22.4 Å². The van der Waals surface area contributed by atoms with E-state index in [1.807, 2.05) is 61.7 Å². The molecule has 0 bridgehead atoms. The minimum absolute atomic E-state index is 0.195. The Kier molecular flexibility index (Phi) is 7.09. The molecule has 1 atom stereocenters. The van der Waals surface area contributed by atoms with Crippen molar-refractivity contribution >= 4 is 17.4 Å². The Balaban J connectivity index is 1.95. The Morgan fingerprint density at radius 3 is 2.41 bits per heavy atom. The fourth-order valence-corrected chi connectivity index (χ4v) is 4.12. The summed E-state index contributed by atoms with van der Waals surface area (Å²) in [6.07, 6.45) is 6.75. The zero-order valence-corrected chi connectivity index (χ0v) is 20.0. The average molecular weight is 472 g/mol. The number of anilines is 1. The van der Waals surface area contributed by atoms with Crippen molar-refractivity contribution in [2.24, 2.45) is 0 Å². The van der Waals surface area contributed by atoms with E-state index in [0.29, 0.717) is 16.7 Å². The third kappa shape index (κ3) is 4.87. The molecule has 0 aliphatic carbocycles. The highest BCUT2D eigenvalue weighted by molar-refractivity contribution is 6.32. The van der Waals surface area contributed by atoms with Crippen LogP contribution in [0.2, 0.25) is 5.02 Å². The Bertz CT molecular complexity index is 1340. The Hall–Kier alpha value is -3.90. The van der Waals surface area contributed by atoms with Gasteiger partial charge in [-0.1, -0.05) is 54.9 Å². The quantitative estimate of drug-likeness (QED) is 0.353. The number of aromatic nitrogens is 4. The van der Waals surface area contributed by atoms with Gasteiger partial charge in [0, 0.05) is 58.5 Å². The summed E-state index contributed by atoms with van der Waals surface area (Å²) < 4.78 is 5.94. The Labute approximate surface area is 204 Å². The van der Waals surface area contributed by atoms with E-state index in [0.717, 1.165) is 39.3 Å². The number of pyridine rings is 1. The van der Waals surface area contributed by atoms with Gasteiger partial charge < -0.3 is 15.5 Å². The van der Waals surface area contributed by atoms with Crippen molar-refractivity contribution < 1.29 is 4.74 Å². The van der Waals surface area contributed by atoms with Crippen LogP contribution in [0, 0.1) is 6.92 Å². The fourth-order valence-electron chi connectivity index (χ4n) is 3.91. The number of ether oxygens (including phenoxy) is 1. The molecule has 172 valence electrons. The molecule has 0 spiro atoms. The van der Waals surface area contributed by atoms with Crippen molar-refractivity contribution in [3.8, 4) is 28.1 Å².